The van der Waals surface area contributed by atoms with Gasteiger partial charge in [0.25, 0.3) is 0 Å². The summed E-state index contributed by atoms with van der Waals surface area (Å²) in [5.41, 5.74) is -0.658. The molecule has 0 spiro atoms. The molecule has 1 fully saturated rings. The van der Waals surface area contributed by atoms with Crippen LogP contribution in [-0.4, -0.2) is 6.54 Å². The Balaban J connectivity index is 2.00. The van der Waals surface area contributed by atoms with E-state index in [-0.39, 0.29) is 11.6 Å². The maximum atomic E-state index is 13.1. The van der Waals surface area contributed by atoms with Crippen LogP contribution in [-0.2, 0) is 6.18 Å². The lowest BCUT2D eigenvalue weighted by Gasteiger charge is -2.27. The van der Waals surface area contributed by atoms with E-state index in [1.54, 1.807) is 23.5 Å². The summed E-state index contributed by atoms with van der Waals surface area (Å²) in [6.07, 6.45) is -2.63. The third kappa shape index (κ3) is 2.69. The lowest BCUT2D eigenvalue weighted by Crippen LogP contribution is -2.22. The molecule has 0 saturated carbocycles. The molecule has 2 nitrogen and oxygen atoms in total. The summed E-state index contributed by atoms with van der Waals surface area (Å²) in [4.78, 5) is 3.16. The summed E-state index contributed by atoms with van der Waals surface area (Å²) in [6.45, 7) is 0.728. The van der Waals surface area contributed by atoms with Gasteiger partial charge in [-0.2, -0.15) is 18.4 Å². The predicted molar refractivity (Wildman–Crippen MR) is 79.8 cm³/mol. The molecular formula is C16H13F3N2S. The van der Waals surface area contributed by atoms with E-state index < -0.39 is 11.7 Å². The van der Waals surface area contributed by atoms with Gasteiger partial charge in [0.2, 0.25) is 0 Å². The summed E-state index contributed by atoms with van der Waals surface area (Å²) in [5, 5.41) is 10.9. The Morgan fingerprint density at radius 2 is 2.09 bits per heavy atom. The molecule has 0 N–H and O–H groups in total. The normalized spacial score (nSPS) is 18.5. The maximum Gasteiger partial charge on any atom is 0.417 e. The highest BCUT2D eigenvalue weighted by Crippen LogP contribution is 2.40. The molecule has 1 saturated heterocycles. The van der Waals surface area contributed by atoms with Crippen LogP contribution >= 0.6 is 11.3 Å². The molecule has 1 aliphatic rings. The molecule has 22 heavy (non-hydrogen) atoms. The second-order valence-electron chi connectivity index (χ2n) is 5.21. The third-order valence-electron chi connectivity index (χ3n) is 3.89. The standard InChI is InChI=1S/C16H13F3N2S/c17-16(18,19)13-9-12(6-5-11(13)10-20)21-7-1-3-14(21)15-4-2-8-22-15/h2,4-6,8-9,14H,1,3,7H2. The Labute approximate surface area is 130 Å². The van der Waals surface area contributed by atoms with Gasteiger partial charge in [-0.05, 0) is 42.5 Å². The first-order valence-corrected chi connectivity index (χ1v) is 7.80. The van der Waals surface area contributed by atoms with Crippen molar-refractivity contribution in [2.45, 2.75) is 25.1 Å². The minimum atomic E-state index is -4.51. The number of rotatable bonds is 2. The van der Waals surface area contributed by atoms with Crippen LogP contribution in [0.25, 0.3) is 0 Å². The quantitative estimate of drug-likeness (QED) is 0.779. The van der Waals surface area contributed by atoms with E-state index in [2.05, 4.69) is 0 Å². The molecule has 2 heterocycles. The van der Waals surface area contributed by atoms with Gasteiger partial charge in [-0.25, -0.2) is 0 Å². The van der Waals surface area contributed by atoms with Crippen molar-refractivity contribution in [1.82, 2.24) is 0 Å². The highest BCUT2D eigenvalue weighted by Gasteiger charge is 2.35. The monoisotopic (exact) mass is 322 g/mol. The van der Waals surface area contributed by atoms with Crippen LogP contribution < -0.4 is 4.90 Å². The van der Waals surface area contributed by atoms with Gasteiger partial charge in [-0.3, -0.25) is 0 Å². The highest BCUT2D eigenvalue weighted by molar-refractivity contribution is 7.10. The molecular weight excluding hydrogens is 309 g/mol. The van der Waals surface area contributed by atoms with Gasteiger partial charge in [-0.1, -0.05) is 6.07 Å². The summed E-state index contributed by atoms with van der Waals surface area (Å²) in [7, 11) is 0. The molecule has 1 unspecified atom stereocenters. The van der Waals surface area contributed by atoms with Crippen molar-refractivity contribution >= 4 is 17.0 Å². The molecule has 1 aromatic carbocycles. The minimum absolute atomic E-state index is 0.119. The van der Waals surface area contributed by atoms with Crippen molar-refractivity contribution in [2.24, 2.45) is 0 Å². The number of nitrogens with zero attached hydrogens (tertiary/aromatic N) is 2. The number of alkyl halides is 3. The van der Waals surface area contributed by atoms with Gasteiger partial charge >= 0.3 is 6.18 Å². The first-order chi connectivity index (χ1) is 10.5. The van der Waals surface area contributed by atoms with E-state index in [9.17, 15) is 13.2 Å². The fourth-order valence-electron chi connectivity index (χ4n) is 2.90. The molecule has 0 aliphatic carbocycles. The average molecular weight is 322 g/mol. The number of thiophene rings is 1. The Morgan fingerprint density at radius 3 is 2.73 bits per heavy atom. The van der Waals surface area contributed by atoms with Crippen LogP contribution in [0.4, 0.5) is 18.9 Å². The summed E-state index contributed by atoms with van der Waals surface area (Å²) >= 11 is 1.62. The number of hydrogen-bond acceptors (Lipinski definition) is 3. The minimum Gasteiger partial charge on any atom is -0.364 e. The molecule has 3 rings (SSSR count). The lowest BCUT2D eigenvalue weighted by molar-refractivity contribution is -0.137. The Morgan fingerprint density at radius 1 is 1.27 bits per heavy atom. The molecule has 1 atom stereocenters. The molecule has 0 amide bonds. The van der Waals surface area contributed by atoms with Crippen LogP contribution in [0.5, 0.6) is 0 Å². The van der Waals surface area contributed by atoms with Gasteiger partial charge in [0.05, 0.1) is 23.2 Å². The van der Waals surface area contributed by atoms with E-state index in [4.69, 9.17) is 5.26 Å². The summed E-state index contributed by atoms with van der Waals surface area (Å²) < 4.78 is 39.3. The lowest BCUT2D eigenvalue weighted by atomic mass is 10.1. The van der Waals surface area contributed by atoms with E-state index in [1.807, 2.05) is 22.4 Å². The molecule has 2 aromatic rings. The smallest absolute Gasteiger partial charge is 0.364 e. The zero-order valence-corrected chi connectivity index (χ0v) is 12.4. The van der Waals surface area contributed by atoms with E-state index in [0.717, 1.165) is 30.3 Å². The number of anilines is 1. The SMILES string of the molecule is N#Cc1ccc(N2CCCC2c2cccs2)cc1C(F)(F)F. The van der Waals surface area contributed by atoms with E-state index in [1.165, 1.54) is 6.07 Å². The van der Waals surface area contributed by atoms with Crippen LogP contribution in [0.3, 0.4) is 0 Å². The van der Waals surface area contributed by atoms with Crippen LogP contribution in [0.15, 0.2) is 35.7 Å². The second-order valence-corrected chi connectivity index (χ2v) is 6.19. The van der Waals surface area contributed by atoms with E-state index >= 15 is 0 Å². The van der Waals surface area contributed by atoms with Crippen LogP contribution in [0.1, 0.15) is 34.9 Å². The van der Waals surface area contributed by atoms with Crippen molar-refractivity contribution in [2.75, 3.05) is 11.4 Å². The number of benzene rings is 1. The van der Waals surface area contributed by atoms with Crippen molar-refractivity contribution in [3.05, 3.63) is 51.7 Å². The summed E-state index contributed by atoms with van der Waals surface area (Å²) in [5.74, 6) is 0. The van der Waals surface area contributed by atoms with Gasteiger partial charge < -0.3 is 4.90 Å². The van der Waals surface area contributed by atoms with Gasteiger partial charge in [0.15, 0.2) is 0 Å². The maximum absolute atomic E-state index is 13.1. The van der Waals surface area contributed by atoms with Gasteiger partial charge in [-0.15, -0.1) is 11.3 Å². The first kappa shape index (κ1) is 14.9. The average Bonchev–Trinajstić information content (AvgIpc) is 3.16. The van der Waals surface area contributed by atoms with Crippen molar-refractivity contribution in [3.8, 4) is 6.07 Å². The molecule has 0 bridgehead atoms. The van der Waals surface area contributed by atoms with Crippen molar-refractivity contribution in [1.29, 1.82) is 5.26 Å². The summed E-state index contributed by atoms with van der Waals surface area (Å²) in [6, 6.07) is 9.69. The first-order valence-electron chi connectivity index (χ1n) is 6.92. The van der Waals surface area contributed by atoms with Crippen molar-refractivity contribution < 1.29 is 13.2 Å². The third-order valence-corrected chi connectivity index (χ3v) is 4.86. The molecule has 1 aromatic heterocycles. The molecule has 114 valence electrons. The number of hydrogen-bond donors (Lipinski definition) is 0. The molecule has 1 aliphatic heterocycles. The van der Waals surface area contributed by atoms with Crippen molar-refractivity contribution in [3.63, 3.8) is 0 Å². The highest BCUT2D eigenvalue weighted by atomic mass is 32.1. The van der Waals surface area contributed by atoms with Crippen LogP contribution in [0.2, 0.25) is 0 Å². The fourth-order valence-corrected chi connectivity index (χ4v) is 3.77. The largest absolute Gasteiger partial charge is 0.417 e. The van der Waals surface area contributed by atoms with E-state index in [0.29, 0.717) is 5.69 Å². The number of nitriles is 1. The van der Waals surface area contributed by atoms with Gasteiger partial charge in [0, 0.05) is 17.1 Å². The molecule has 0 radical (unpaired) electrons. The zero-order chi connectivity index (χ0) is 15.7. The second kappa shape index (κ2) is 5.65. The van der Waals surface area contributed by atoms with Crippen LogP contribution in [0, 0.1) is 11.3 Å². The Hall–Kier alpha value is -2.00. The zero-order valence-electron chi connectivity index (χ0n) is 11.6. The predicted octanol–water partition coefficient (Wildman–Crippen LogP) is 4.98. The number of halogens is 3. The fraction of sp³-hybridized carbons (Fsp3) is 0.312. The molecule has 6 heteroatoms. The Kier molecular flexibility index (Phi) is 3.83. The van der Waals surface area contributed by atoms with Gasteiger partial charge in [0.1, 0.15) is 0 Å². The topological polar surface area (TPSA) is 27.0 Å². The Bertz CT molecular complexity index is 701.